The minimum atomic E-state index is -0.382. The summed E-state index contributed by atoms with van der Waals surface area (Å²) in [7, 11) is 4.07. The molecule has 2 aromatic rings. The average molecular weight is 370 g/mol. The normalized spacial score (nSPS) is 10.5. The molecule has 0 saturated carbocycles. The highest BCUT2D eigenvalue weighted by Crippen LogP contribution is 2.14. The zero-order chi connectivity index (χ0) is 19.6. The lowest BCUT2D eigenvalue weighted by molar-refractivity contribution is 0.0526. The van der Waals surface area contributed by atoms with Crippen LogP contribution in [0.25, 0.3) is 0 Å². The molecule has 1 heterocycles. The number of aromatic nitrogens is 1. The number of hydrogen-bond donors (Lipinski definition) is 2. The van der Waals surface area contributed by atoms with E-state index in [0.717, 1.165) is 25.2 Å². The molecule has 1 aromatic carbocycles. The fourth-order valence-corrected chi connectivity index (χ4v) is 2.40. The van der Waals surface area contributed by atoms with Gasteiger partial charge in [0.05, 0.1) is 23.4 Å². The molecule has 0 spiro atoms. The minimum absolute atomic E-state index is 0.261. The third kappa shape index (κ3) is 6.71. The number of carbonyl (C=O) groups excluding carboxylic acids is 2. The minimum Gasteiger partial charge on any atom is -0.462 e. The van der Waals surface area contributed by atoms with Crippen LogP contribution in [0.15, 0.2) is 42.7 Å². The molecule has 0 atom stereocenters. The smallest absolute Gasteiger partial charge is 0.338 e. The van der Waals surface area contributed by atoms with Crippen molar-refractivity contribution in [3.8, 4) is 0 Å². The summed E-state index contributed by atoms with van der Waals surface area (Å²) in [5.41, 5.74) is 2.30. The van der Waals surface area contributed by atoms with Crippen LogP contribution in [-0.2, 0) is 4.74 Å². The molecule has 0 aliphatic rings. The molecule has 2 N–H and O–H groups in total. The van der Waals surface area contributed by atoms with Crippen LogP contribution in [0.5, 0.6) is 0 Å². The highest BCUT2D eigenvalue weighted by Gasteiger charge is 2.10. The van der Waals surface area contributed by atoms with Gasteiger partial charge in [-0.15, -0.1) is 0 Å². The van der Waals surface area contributed by atoms with Gasteiger partial charge in [-0.25, -0.2) is 4.79 Å². The number of ether oxygens (including phenoxy) is 1. The van der Waals surface area contributed by atoms with Crippen molar-refractivity contribution >= 4 is 23.3 Å². The molecule has 27 heavy (non-hydrogen) atoms. The quantitative estimate of drug-likeness (QED) is 0.522. The van der Waals surface area contributed by atoms with Crippen LogP contribution in [0.3, 0.4) is 0 Å². The molecule has 0 radical (unpaired) electrons. The molecule has 7 nitrogen and oxygen atoms in total. The first-order valence-electron chi connectivity index (χ1n) is 8.91. The van der Waals surface area contributed by atoms with Gasteiger partial charge in [0.1, 0.15) is 0 Å². The first kappa shape index (κ1) is 20.4. The number of carbonyl (C=O) groups is 2. The van der Waals surface area contributed by atoms with Gasteiger partial charge in [0, 0.05) is 24.6 Å². The summed E-state index contributed by atoms with van der Waals surface area (Å²) in [6, 6.07) is 8.34. The van der Waals surface area contributed by atoms with Crippen LogP contribution in [0.4, 0.5) is 11.4 Å². The standard InChI is InChI=1S/C20H26N4O3/c1-4-27-20(26)15-6-8-17(9-7-15)23-19(25)16-12-18(14-21-13-16)22-10-5-11-24(2)3/h6-9,12-14,22H,4-5,10-11H2,1-3H3,(H,23,25). The van der Waals surface area contributed by atoms with Gasteiger partial charge in [0.2, 0.25) is 0 Å². The monoisotopic (exact) mass is 370 g/mol. The summed E-state index contributed by atoms with van der Waals surface area (Å²) in [5.74, 6) is -0.643. The number of benzene rings is 1. The highest BCUT2D eigenvalue weighted by molar-refractivity contribution is 6.04. The molecule has 144 valence electrons. The van der Waals surface area contributed by atoms with Gasteiger partial charge in [-0.05, 0) is 64.3 Å². The van der Waals surface area contributed by atoms with Gasteiger partial charge < -0.3 is 20.3 Å². The van der Waals surface area contributed by atoms with E-state index >= 15 is 0 Å². The Morgan fingerprint density at radius 1 is 1.07 bits per heavy atom. The van der Waals surface area contributed by atoms with Gasteiger partial charge in [-0.3, -0.25) is 9.78 Å². The highest BCUT2D eigenvalue weighted by atomic mass is 16.5. The number of hydrogen-bond acceptors (Lipinski definition) is 6. The fourth-order valence-electron chi connectivity index (χ4n) is 2.40. The summed E-state index contributed by atoms with van der Waals surface area (Å²) >= 11 is 0. The Hall–Kier alpha value is -2.93. The van der Waals surface area contributed by atoms with Crippen molar-refractivity contribution in [2.24, 2.45) is 0 Å². The lowest BCUT2D eigenvalue weighted by atomic mass is 10.2. The molecular formula is C20H26N4O3. The summed E-state index contributed by atoms with van der Waals surface area (Å²) in [5, 5.41) is 6.07. The maximum absolute atomic E-state index is 12.4. The van der Waals surface area contributed by atoms with E-state index in [9.17, 15) is 9.59 Å². The molecule has 1 amide bonds. The number of rotatable bonds is 9. The van der Waals surface area contributed by atoms with Gasteiger partial charge in [0.15, 0.2) is 0 Å². The van der Waals surface area contributed by atoms with Crippen LogP contribution in [0.2, 0.25) is 0 Å². The predicted octanol–water partition coefficient (Wildman–Crippen LogP) is 2.87. The molecular weight excluding hydrogens is 344 g/mol. The molecule has 0 saturated heterocycles. The zero-order valence-corrected chi connectivity index (χ0v) is 16.0. The predicted molar refractivity (Wildman–Crippen MR) is 106 cm³/mol. The number of nitrogens with zero attached hydrogens (tertiary/aromatic N) is 2. The molecule has 7 heteroatoms. The fraction of sp³-hybridized carbons (Fsp3) is 0.350. The summed E-state index contributed by atoms with van der Waals surface area (Å²) in [6.45, 7) is 3.87. The van der Waals surface area contributed by atoms with E-state index in [1.165, 1.54) is 6.20 Å². The Kier molecular flexibility index (Phi) is 7.76. The number of nitrogens with one attached hydrogen (secondary N) is 2. The molecule has 2 rings (SSSR count). The Morgan fingerprint density at radius 3 is 2.48 bits per heavy atom. The van der Waals surface area contributed by atoms with E-state index in [1.54, 1.807) is 43.5 Å². The van der Waals surface area contributed by atoms with Crippen LogP contribution in [0, 0.1) is 0 Å². The second-order valence-corrected chi connectivity index (χ2v) is 6.30. The number of anilines is 2. The lowest BCUT2D eigenvalue weighted by Crippen LogP contribution is -2.17. The third-order valence-corrected chi connectivity index (χ3v) is 3.77. The second-order valence-electron chi connectivity index (χ2n) is 6.30. The summed E-state index contributed by atoms with van der Waals surface area (Å²) in [6.07, 6.45) is 4.21. The Bertz CT molecular complexity index is 760. The number of esters is 1. The molecule has 0 fully saturated rings. The van der Waals surface area contributed by atoms with Crippen LogP contribution >= 0.6 is 0 Å². The van der Waals surface area contributed by atoms with Gasteiger partial charge >= 0.3 is 5.97 Å². The van der Waals surface area contributed by atoms with Crippen LogP contribution in [0.1, 0.15) is 34.1 Å². The molecule has 0 aliphatic carbocycles. The van der Waals surface area contributed by atoms with Crippen molar-refractivity contribution in [3.63, 3.8) is 0 Å². The maximum atomic E-state index is 12.4. The Labute approximate surface area is 159 Å². The van der Waals surface area contributed by atoms with Crippen molar-refractivity contribution in [1.29, 1.82) is 0 Å². The third-order valence-electron chi connectivity index (χ3n) is 3.77. The average Bonchev–Trinajstić information content (AvgIpc) is 2.66. The van der Waals surface area contributed by atoms with E-state index in [2.05, 4.69) is 20.5 Å². The molecule has 0 aliphatic heterocycles. The van der Waals surface area contributed by atoms with E-state index in [4.69, 9.17) is 4.74 Å². The lowest BCUT2D eigenvalue weighted by Gasteiger charge is -2.11. The molecule has 0 unspecified atom stereocenters. The van der Waals surface area contributed by atoms with Crippen LogP contribution in [-0.4, -0.2) is 55.6 Å². The zero-order valence-electron chi connectivity index (χ0n) is 16.0. The van der Waals surface area contributed by atoms with Crippen molar-refractivity contribution in [2.45, 2.75) is 13.3 Å². The van der Waals surface area contributed by atoms with Gasteiger partial charge in [-0.1, -0.05) is 0 Å². The van der Waals surface area contributed by atoms with Gasteiger partial charge in [0.25, 0.3) is 5.91 Å². The first-order chi connectivity index (χ1) is 13.0. The summed E-state index contributed by atoms with van der Waals surface area (Å²) < 4.78 is 4.94. The van der Waals surface area contributed by atoms with Gasteiger partial charge in [-0.2, -0.15) is 0 Å². The van der Waals surface area contributed by atoms with E-state index < -0.39 is 0 Å². The van der Waals surface area contributed by atoms with Crippen LogP contribution < -0.4 is 10.6 Å². The van der Waals surface area contributed by atoms with Crippen molar-refractivity contribution in [1.82, 2.24) is 9.88 Å². The summed E-state index contributed by atoms with van der Waals surface area (Å²) in [4.78, 5) is 30.3. The SMILES string of the molecule is CCOC(=O)c1ccc(NC(=O)c2cncc(NCCCN(C)C)c2)cc1. The van der Waals surface area contributed by atoms with E-state index in [-0.39, 0.29) is 11.9 Å². The molecule has 1 aromatic heterocycles. The Balaban J connectivity index is 1.93. The second kappa shape index (κ2) is 10.3. The van der Waals surface area contributed by atoms with Crippen molar-refractivity contribution in [2.75, 3.05) is 44.4 Å². The molecule has 0 bridgehead atoms. The Morgan fingerprint density at radius 2 is 1.81 bits per heavy atom. The number of amides is 1. The topological polar surface area (TPSA) is 83.6 Å². The van der Waals surface area contributed by atoms with E-state index in [0.29, 0.717) is 23.4 Å². The maximum Gasteiger partial charge on any atom is 0.338 e. The number of pyridine rings is 1. The van der Waals surface area contributed by atoms with Crippen molar-refractivity contribution in [3.05, 3.63) is 53.9 Å². The van der Waals surface area contributed by atoms with Crippen molar-refractivity contribution < 1.29 is 14.3 Å². The van der Waals surface area contributed by atoms with E-state index in [1.807, 2.05) is 14.1 Å². The largest absolute Gasteiger partial charge is 0.462 e. The first-order valence-corrected chi connectivity index (χ1v) is 8.91.